The number of H-pyrrole nitrogens is 1. The van der Waals surface area contributed by atoms with Crippen molar-refractivity contribution in [2.75, 3.05) is 5.75 Å². The number of carbonyl (C=O) groups excluding carboxylic acids is 2. The highest BCUT2D eigenvalue weighted by Crippen LogP contribution is 2.28. The first-order valence-electron chi connectivity index (χ1n) is 8.00. The predicted octanol–water partition coefficient (Wildman–Crippen LogP) is 4.10. The van der Waals surface area contributed by atoms with E-state index in [0.29, 0.717) is 5.56 Å². The number of hydrogen-bond donors (Lipinski definition) is 3. The van der Waals surface area contributed by atoms with Crippen molar-refractivity contribution in [2.45, 2.75) is 18.7 Å². The molecule has 2 aromatic carbocycles. The van der Waals surface area contributed by atoms with Crippen LogP contribution in [0.5, 0.6) is 0 Å². The first-order valence-corrected chi connectivity index (χ1v) is 9.78. The molecule has 0 radical (unpaired) electrons. The molecule has 0 aliphatic rings. The fourth-order valence-corrected chi connectivity index (χ4v) is 3.91. The van der Waals surface area contributed by atoms with Crippen LogP contribution >= 0.6 is 27.7 Å². The third-order valence-corrected chi connectivity index (χ3v) is 5.98. The summed E-state index contributed by atoms with van der Waals surface area (Å²) in [6.45, 7) is 4.01. The molecule has 26 heavy (non-hydrogen) atoms. The van der Waals surface area contributed by atoms with Gasteiger partial charge in [-0.2, -0.15) is 0 Å². The van der Waals surface area contributed by atoms with E-state index in [-0.39, 0.29) is 17.6 Å². The number of amides is 2. The summed E-state index contributed by atoms with van der Waals surface area (Å²) >= 11 is 4.94. The van der Waals surface area contributed by atoms with Gasteiger partial charge in [-0.25, -0.2) is 0 Å². The van der Waals surface area contributed by atoms with E-state index in [4.69, 9.17) is 0 Å². The summed E-state index contributed by atoms with van der Waals surface area (Å²) in [5.74, 6) is -0.393. The first kappa shape index (κ1) is 18.5. The second-order valence-electron chi connectivity index (χ2n) is 5.91. The Bertz CT molecular complexity index is 984. The molecular formula is C19H18BrN3O2S. The molecule has 0 spiro atoms. The van der Waals surface area contributed by atoms with Crippen LogP contribution in [0.1, 0.15) is 21.5 Å². The molecule has 134 valence electrons. The number of para-hydroxylation sites is 1. The number of benzene rings is 2. The molecule has 3 aromatic rings. The summed E-state index contributed by atoms with van der Waals surface area (Å²) in [6.07, 6.45) is 1.63. The number of fused-ring (bicyclic) bond motifs is 1. The van der Waals surface area contributed by atoms with Crippen LogP contribution in [0, 0.1) is 13.8 Å². The van der Waals surface area contributed by atoms with Gasteiger partial charge in [-0.1, -0.05) is 34.1 Å². The molecule has 0 saturated heterocycles. The van der Waals surface area contributed by atoms with Crippen molar-refractivity contribution < 1.29 is 9.59 Å². The molecule has 5 nitrogen and oxygen atoms in total. The van der Waals surface area contributed by atoms with Crippen LogP contribution in [-0.2, 0) is 4.79 Å². The Balaban J connectivity index is 1.56. The maximum absolute atomic E-state index is 12.3. The van der Waals surface area contributed by atoms with Crippen LogP contribution in [0.25, 0.3) is 10.9 Å². The summed E-state index contributed by atoms with van der Waals surface area (Å²) in [4.78, 5) is 28.4. The number of aromatic nitrogens is 1. The van der Waals surface area contributed by atoms with Crippen molar-refractivity contribution in [1.29, 1.82) is 0 Å². The molecular weight excluding hydrogens is 414 g/mol. The van der Waals surface area contributed by atoms with E-state index in [2.05, 4.69) is 31.8 Å². The van der Waals surface area contributed by atoms with E-state index >= 15 is 0 Å². The molecule has 1 aromatic heterocycles. The minimum absolute atomic E-state index is 0.218. The quantitative estimate of drug-likeness (QED) is 0.429. The Morgan fingerprint density at radius 3 is 2.69 bits per heavy atom. The van der Waals surface area contributed by atoms with Crippen LogP contribution in [0.2, 0.25) is 0 Å². The Hall–Kier alpha value is -2.25. The van der Waals surface area contributed by atoms with Gasteiger partial charge in [0.1, 0.15) is 0 Å². The molecule has 0 unspecified atom stereocenters. The predicted molar refractivity (Wildman–Crippen MR) is 108 cm³/mol. The van der Waals surface area contributed by atoms with Gasteiger partial charge in [-0.05, 0) is 43.2 Å². The number of nitrogens with one attached hydrogen (secondary N) is 3. The van der Waals surface area contributed by atoms with Gasteiger partial charge >= 0.3 is 0 Å². The molecule has 2 amide bonds. The Labute approximate surface area is 164 Å². The number of carbonyl (C=O) groups is 2. The summed E-state index contributed by atoms with van der Waals surface area (Å²) in [5.41, 5.74) is 8.52. The number of rotatable bonds is 4. The van der Waals surface area contributed by atoms with Gasteiger partial charge in [0.25, 0.3) is 5.91 Å². The topological polar surface area (TPSA) is 74.0 Å². The van der Waals surface area contributed by atoms with Crippen molar-refractivity contribution in [1.82, 2.24) is 15.8 Å². The highest BCUT2D eigenvalue weighted by Gasteiger charge is 2.13. The third-order valence-electron chi connectivity index (χ3n) is 3.96. The minimum atomic E-state index is -0.350. The number of halogens is 1. The zero-order valence-electron chi connectivity index (χ0n) is 14.4. The average Bonchev–Trinajstić information content (AvgIpc) is 3.06. The fourth-order valence-electron chi connectivity index (χ4n) is 2.54. The lowest BCUT2D eigenvalue weighted by Gasteiger charge is -2.10. The van der Waals surface area contributed by atoms with Crippen LogP contribution < -0.4 is 10.9 Å². The minimum Gasteiger partial charge on any atom is -0.360 e. The van der Waals surface area contributed by atoms with Crippen LogP contribution in [0.15, 0.2) is 52.0 Å². The lowest BCUT2D eigenvalue weighted by atomic mass is 10.2. The number of thioether (sulfide) groups is 1. The van der Waals surface area contributed by atoms with Gasteiger partial charge in [-0.15, -0.1) is 11.8 Å². The number of hydrazine groups is 1. The van der Waals surface area contributed by atoms with Crippen LogP contribution in [0.3, 0.4) is 0 Å². The van der Waals surface area contributed by atoms with Gasteiger partial charge in [0.15, 0.2) is 0 Å². The Kier molecular flexibility index (Phi) is 5.68. The van der Waals surface area contributed by atoms with Crippen molar-refractivity contribution in [3.05, 3.63) is 63.8 Å². The smallest absolute Gasteiger partial charge is 0.271 e. The first-order chi connectivity index (χ1) is 12.5. The molecule has 0 aliphatic carbocycles. The Morgan fingerprint density at radius 2 is 1.88 bits per heavy atom. The van der Waals surface area contributed by atoms with E-state index < -0.39 is 0 Å². The maximum Gasteiger partial charge on any atom is 0.271 e. The molecule has 0 atom stereocenters. The SMILES string of the molecule is Cc1cc(SCC(=O)NNC(=O)c2c[nH]c3ccccc23)c(C)cc1Br. The standard InChI is InChI=1S/C19H18BrN3O2S/c1-11-8-17(12(2)7-15(11)20)26-10-18(24)22-23-19(25)14-9-21-16-6-4-3-5-13(14)16/h3-9,21H,10H2,1-2H3,(H,22,24)(H,23,25). The zero-order valence-corrected chi connectivity index (χ0v) is 16.8. The molecule has 1 heterocycles. The summed E-state index contributed by atoms with van der Waals surface area (Å²) in [7, 11) is 0. The molecule has 3 rings (SSSR count). The van der Waals surface area contributed by atoms with Crippen LogP contribution in [0.4, 0.5) is 0 Å². The molecule has 0 fully saturated rings. The second-order valence-corrected chi connectivity index (χ2v) is 7.78. The van der Waals surface area contributed by atoms with Gasteiger partial charge < -0.3 is 4.98 Å². The largest absolute Gasteiger partial charge is 0.360 e. The van der Waals surface area contributed by atoms with E-state index in [1.165, 1.54) is 11.8 Å². The van der Waals surface area contributed by atoms with E-state index in [1.807, 2.05) is 50.2 Å². The summed E-state index contributed by atoms with van der Waals surface area (Å²) < 4.78 is 1.05. The van der Waals surface area contributed by atoms with E-state index in [9.17, 15) is 9.59 Å². The highest BCUT2D eigenvalue weighted by atomic mass is 79.9. The maximum atomic E-state index is 12.3. The zero-order chi connectivity index (χ0) is 18.7. The summed E-state index contributed by atoms with van der Waals surface area (Å²) in [5, 5.41) is 0.814. The average molecular weight is 432 g/mol. The monoisotopic (exact) mass is 431 g/mol. The van der Waals surface area contributed by atoms with Gasteiger partial charge in [0, 0.05) is 26.5 Å². The van der Waals surface area contributed by atoms with E-state index in [1.54, 1.807) is 6.20 Å². The molecule has 3 N–H and O–H groups in total. The van der Waals surface area contributed by atoms with Gasteiger partial charge in [-0.3, -0.25) is 20.4 Å². The van der Waals surface area contributed by atoms with Crippen molar-refractivity contribution >= 4 is 50.4 Å². The number of aromatic amines is 1. The molecule has 0 bridgehead atoms. The number of hydrogen-bond acceptors (Lipinski definition) is 3. The lowest BCUT2D eigenvalue weighted by Crippen LogP contribution is -2.42. The normalized spacial score (nSPS) is 10.7. The number of aryl methyl sites for hydroxylation is 2. The van der Waals surface area contributed by atoms with Crippen molar-refractivity contribution in [3.63, 3.8) is 0 Å². The van der Waals surface area contributed by atoms with Gasteiger partial charge in [0.05, 0.1) is 11.3 Å². The van der Waals surface area contributed by atoms with Gasteiger partial charge in [0.2, 0.25) is 5.91 Å². The van der Waals surface area contributed by atoms with E-state index in [0.717, 1.165) is 31.4 Å². The molecule has 7 heteroatoms. The van der Waals surface area contributed by atoms with Crippen molar-refractivity contribution in [3.8, 4) is 0 Å². The Morgan fingerprint density at radius 1 is 1.12 bits per heavy atom. The molecule has 0 aliphatic heterocycles. The fraction of sp³-hybridized carbons (Fsp3) is 0.158. The lowest BCUT2D eigenvalue weighted by molar-refractivity contribution is -0.119. The summed E-state index contributed by atoms with van der Waals surface area (Å²) in [6, 6.07) is 11.6. The second kappa shape index (κ2) is 7.97. The highest BCUT2D eigenvalue weighted by molar-refractivity contribution is 9.10. The third kappa shape index (κ3) is 4.11. The molecule has 0 saturated carbocycles. The van der Waals surface area contributed by atoms with Crippen LogP contribution in [-0.4, -0.2) is 22.6 Å². The van der Waals surface area contributed by atoms with Crippen molar-refractivity contribution in [2.24, 2.45) is 0 Å².